The van der Waals surface area contributed by atoms with Gasteiger partial charge in [-0.05, 0) is 112 Å². The summed E-state index contributed by atoms with van der Waals surface area (Å²) < 4.78 is 40.4. The van der Waals surface area contributed by atoms with Crippen molar-refractivity contribution in [2.45, 2.75) is 51.7 Å². The lowest BCUT2D eigenvalue weighted by molar-refractivity contribution is -0.157. The van der Waals surface area contributed by atoms with E-state index in [1.165, 1.54) is 30.1 Å². The summed E-state index contributed by atoms with van der Waals surface area (Å²) in [5, 5.41) is 9.28. The summed E-state index contributed by atoms with van der Waals surface area (Å²) in [5.41, 5.74) is 1.42. The zero-order chi connectivity index (χ0) is 29.6. The number of carbonyl (C=O) groups excluding carboxylic acids is 1. The number of thiol groups is 1. The first-order chi connectivity index (χ1) is 18.5. The van der Waals surface area contributed by atoms with Gasteiger partial charge in [0, 0.05) is 17.0 Å². The first-order valence-corrected chi connectivity index (χ1v) is 14.0. The Balaban J connectivity index is 0.00000181. The molecule has 0 N–H and O–H groups in total. The number of halogens is 2. The summed E-state index contributed by atoms with van der Waals surface area (Å²) in [6.07, 6.45) is 1.69. The van der Waals surface area contributed by atoms with E-state index in [1.54, 1.807) is 51.3 Å². The molecule has 0 atom stereocenters. The van der Waals surface area contributed by atoms with E-state index in [4.69, 9.17) is 9.47 Å². The molecule has 3 rings (SSSR count). The number of rotatable bonds is 8. The van der Waals surface area contributed by atoms with Crippen LogP contribution in [0.25, 0.3) is 11.1 Å². The number of nitrogens with zero attached hydrogens (tertiary/aromatic N) is 2. The van der Waals surface area contributed by atoms with Gasteiger partial charge in [0.25, 0.3) is 0 Å². The molecule has 0 saturated carbocycles. The normalized spacial score (nSPS) is 10.4. The summed E-state index contributed by atoms with van der Waals surface area (Å²) >= 11 is 4.98. The van der Waals surface area contributed by atoms with Gasteiger partial charge in [-0.2, -0.15) is 17.9 Å². The maximum atomic E-state index is 14.2. The van der Waals surface area contributed by atoms with Crippen LogP contribution in [0, 0.1) is 23.0 Å². The van der Waals surface area contributed by atoms with Crippen molar-refractivity contribution in [3.8, 4) is 22.9 Å². The Morgan fingerprint density at radius 2 is 1.64 bits per heavy atom. The zero-order valence-corrected chi connectivity index (χ0v) is 25.1. The molecule has 3 aromatic carbocycles. The van der Waals surface area contributed by atoms with Crippen molar-refractivity contribution < 1.29 is 23.0 Å². The predicted octanol–water partition coefficient (Wildman–Crippen LogP) is 7.94. The van der Waals surface area contributed by atoms with E-state index in [0.29, 0.717) is 23.4 Å². The number of hydrogen-bond acceptors (Lipinski definition) is 7. The molecule has 39 heavy (non-hydrogen) atoms. The molecule has 3 aromatic rings. The minimum atomic E-state index is -0.649. The molecule has 0 amide bonds. The van der Waals surface area contributed by atoms with Crippen molar-refractivity contribution in [3.63, 3.8) is 0 Å². The van der Waals surface area contributed by atoms with Crippen LogP contribution in [0.15, 0.2) is 65.6 Å². The van der Waals surface area contributed by atoms with Gasteiger partial charge < -0.3 is 9.47 Å². The Hall–Kier alpha value is -3.06. The van der Waals surface area contributed by atoms with Gasteiger partial charge in [0.1, 0.15) is 23.0 Å². The van der Waals surface area contributed by atoms with Gasteiger partial charge in [-0.15, -0.1) is 0 Å². The van der Waals surface area contributed by atoms with E-state index in [1.807, 2.05) is 43.4 Å². The number of nitriles is 1. The van der Waals surface area contributed by atoms with Crippen LogP contribution >= 0.6 is 24.6 Å². The lowest BCUT2D eigenvalue weighted by atomic mass is 10.00. The minimum Gasteiger partial charge on any atom is -0.481 e. The fraction of sp³-hybridized carbons (Fsp3) is 0.333. The summed E-state index contributed by atoms with van der Waals surface area (Å²) in [5.74, 6) is -1.01. The van der Waals surface area contributed by atoms with E-state index in [0.717, 1.165) is 16.5 Å². The molecule has 0 aromatic heterocycles. The van der Waals surface area contributed by atoms with Crippen molar-refractivity contribution >= 4 is 30.5 Å². The van der Waals surface area contributed by atoms with Crippen LogP contribution in [0.1, 0.15) is 45.7 Å². The van der Waals surface area contributed by atoms with Crippen LogP contribution in [0.5, 0.6) is 5.75 Å². The van der Waals surface area contributed by atoms with Crippen LogP contribution in [-0.4, -0.2) is 35.8 Å². The molecular weight excluding hydrogens is 538 g/mol. The van der Waals surface area contributed by atoms with E-state index in [9.17, 15) is 18.8 Å². The molecule has 210 valence electrons. The van der Waals surface area contributed by atoms with Crippen molar-refractivity contribution in [2.75, 3.05) is 19.9 Å². The third kappa shape index (κ3) is 12.1. The number of ether oxygens (including phenoxy) is 2. The van der Waals surface area contributed by atoms with Crippen LogP contribution in [0.3, 0.4) is 0 Å². The molecule has 5 nitrogen and oxygen atoms in total. The van der Waals surface area contributed by atoms with Gasteiger partial charge in [0.2, 0.25) is 0 Å². The molecule has 0 spiro atoms. The highest BCUT2D eigenvalue weighted by atomic mass is 32.2. The third-order valence-electron chi connectivity index (χ3n) is 4.63. The SMILES string of the molecule is CC.CN(Cc1ccc(OCC(=O)OC(C)(C)C)c(-c2cc(F)cc(C#N)c2)c1)Sc1ccc(F)cc1.CS. The van der Waals surface area contributed by atoms with Crippen LogP contribution < -0.4 is 4.74 Å². The Kier molecular flexibility index (Phi) is 14.6. The van der Waals surface area contributed by atoms with Gasteiger partial charge >= 0.3 is 5.97 Å². The molecule has 9 heteroatoms. The molecule has 0 radical (unpaired) electrons. The molecule has 0 saturated heterocycles. The zero-order valence-electron chi connectivity index (χ0n) is 23.4. The highest BCUT2D eigenvalue weighted by Gasteiger charge is 2.18. The summed E-state index contributed by atoms with van der Waals surface area (Å²) in [6.45, 7) is 9.50. The largest absolute Gasteiger partial charge is 0.481 e. The fourth-order valence-corrected chi connectivity index (χ4v) is 4.14. The van der Waals surface area contributed by atoms with Gasteiger partial charge in [-0.3, -0.25) is 0 Å². The molecule has 0 aliphatic rings. The summed E-state index contributed by atoms with van der Waals surface area (Å²) in [7, 11) is 1.90. The van der Waals surface area contributed by atoms with Crippen LogP contribution in [-0.2, 0) is 16.1 Å². The average molecular weight is 575 g/mol. The molecular formula is C30H36F2N2O3S2. The van der Waals surface area contributed by atoms with E-state index in [-0.39, 0.29) is 18.0 Å². The average Bonchev–Trinajstić information content (AvgIpc) is 2.90. The smallest absolute Gasteiger partial charge is 0.344 e. The standard InChI is InChI=1S/C27H26F2N2O3S.C2H6.CH4S/c1-27(2,3)34-26(32)17-33-25-10-5-18(16-31(4)35-23-8-6-21(28)7-9-23)13-24(25)20-11-19(15-30)12-22(29)14-20;2*1-2/h5-14H,16-17H2,1-4H3;1-2H3;2H,1H3. The second-order valence-corrected chi connectivity index (χ2v) is 10.2. The molecule has 0 bridgehead atoms. The van der Waals surface area contributed by atoms with E-state index in [2.05, 4.69) is 12.6 Å². The number of hydrogen-bond donors (Lipinski definition) is 1. The maximum absolute atomic E-state index is 14.2. The van der Waals surface area contributed by atoms with Crippen LogP contribution in [0.4, 0.5) is 8.78 Å². The Labute approximate surface area is 240 Å². The van der Waals surface area contributed by atoms with Crippen molar-refractivity contribution in [1.82, 2.24) is 4.31 Å². The highest BCUT2D eigenvalue weighted by Crippen LogP contribution is 2.34. The number of esters is 1. The second-order valence-electron chi connectivity index (χ2n) is 8.88. The van der Waals surface area contributed by atoms with Gasteiger partial charge in [0.05, 0.1) is 11.6 Å². The lowest BCUT2D eigenvalue weighted by Crippen LogP contribution is -2.27. The van der Waals surface area contributed by atoms with Crippen molar-refractivity contribution in [1.29, 1.82) is 5.26 Å². The monoisotopic (exact) mass is 574 g/mol. The fourth-order valence-electron chi connectivity index (χ4n) is 3.31. The van der Waals surface area contributed by atoms with E-state index < -0.39 is 17.4 Å². The Bertz CT molecular complexity index is 1240. The van der Waals surface area contributed by atoms with Gasteiger partial charge in [0.15, 0.2) is 6.61 Å². The molecule has 0 aliphatic carbocycles. The number of benzene rings is 3. The third-order valence-corrected chi connectivity index (χ3v) is 5.55. The Morgan fingerprint density at radius 3 is 2.23 bits per heavy atom. The van der Waals surface area contributed by atoms with Gasteiger partial charge in [-0.1, -0.05) is 19.9 Å². The topological polar surface area (TPSA) is 62.6 Å². The summed E-state index contributed by atoms with van der Waals surface area (Å²) in [6, 6.07) is 17.6. The quantitative estimate of drug-likeness (QED) is 0.167. The molecule has 0 unspecified atom stereocenters. The Morgan fingerprint density at radius 1 is 1.00 bits per heavy atom. The van der Waals surface area contributed by atoms with Crippen LogP contribution in [0.2, 0.25) is 0 Å². The minimum absolute atomic E-state index is 0.174. The van der Waals surface area contributed by atoms with Crippen molar-refractivity contribution in [2.24, 2.45) is 0 Å². The van der Waals surface area contributed by atoms with Gasteiger partial charge in [-0.25, -0.2) is 17.9 Å². The molecule has 0 aliphatic heterocycles. The molecule has 0 fully saturated rings. The first kappa shape index (κ1) is 34.0. The van der Waals surface area contributed by atoms with E-state index >= 15 is 0 Å². The second kappa shape index (κ2) is 16.8. The first-order valence-electron chi connectivity index (χ1n) is 12.3. The van der Waals surface area contributed by atoms with Crippen molar-refractivity contribution in [3.05, 3.63) is 83.4 Å². The summed E-state index contributed by atoms with van der Waals surface area (Å²) in [4.78, 5) is 13.0. The lowest BCUT2D eigenvalue weighted by Gasteiger charge is -2.20. The molecule has 0 heterocycles. The predicted molar refractivity (Wildman–Crippen MR) is 158 cm³/mol. The highest BCUT2D eigenvalue weighted by molar-refractivity contribution is 7.97. The maximum Gasteiger partial charge on any atom is 0.344 e. The number of carbonyl (C=O) groups is 1.